The average Bonchev–Trinajstić information content (AvgIpc) is 3.41. The fourth-order valence-electron chi connectivity index (χ4n) is 6.79. The summed E-state index contributed by atoms with van der Waals surface area (Å²) in [5.41, 5.74) is 1.74. The lowest BCUT2D eigenvalue weighted by Crippen LogP contribution is -2.59. The molecule has 0 saturated carbocycles. The van der Waals surface area contributed by atoms with Gasteiger partial charge in [0.05, 0.1) is 6.04 Å². The predicted octanol–water partition coefficient (Wildman–Crippen LogP) is 6.30. The lowest BCUT2D eigenvalue weighted by Gasteiger charge is -2.43. The highest BCUT2D eigenvalue weighted by molar-refractivity contribution is 5.98. The summed E-state index contributed by atoms with van der Waals surface area (Å²) in [5.74, 6) is -1.86. The van der Waals surface area contributed by atoms with Crippen molar-refractivity contribution in [2.24, 2.45) is 0 Å². The molecule has 5 aromatic rings. The van der Waals surface area contributed by atoms with Crippen LogP contribution in [-0.2, 0) is 34.8 Å². The van der Waals surface area contributed by atoms with Gasteiger partial charge in [-0.1, -0.05) is 152 Å². The maximum Gasteiger partial charge on any atom is 0.329 e. The van der Waals surface area contributed by atoms with Crippen LogP contribution in [0.1, 0.15) is 34.7 Å². The van der Waals surface area contributed by atoms with Crippen molar-refractivity contribution in [2.75, 3.05) is 0 Å². The quantitative estimate of drug-likeness (QED) is 0.165. The molecule has 1 heterocycles. The molecule has 8 heteroatoms. The van der Waals surface area contributed by atoms with Crippen LogP contribution in [0.4, 0.5) is 4.79 Å². The van der Waals surface area contributed by atoms with Crippen molar-refractivity contribution >= 4 is 17.9 Å². The third-order valence-electron chi connectivity index (χ3n) is 9.34. The molecule has 1 aliphatic rings. The second-order valence-electron chi connectivity index (χ2n) is 12.4. The summed E-state index contributed by atoms with van der Waals surface area (Å²) in [6, 6.07) is 41.7. The number of nitrogens with zero attached hydrogens (tertiary/aromatic N) is 3. The zero-order valence-corrected chi connectivity index (χ0v) is 27.2. The number of aliphatic hydroxyl groups is 1. The Morgan fingerprint density at radius 3 is 1.41 bits per heavy atom. The molecule has 1 saturated heterocycles. The second kappa shape index (κ2) is 14.6. The van der Waals surface area contributed by atoms with Gasteiger partial charge in [-0.25, -0.2) is 9.59 Å². The molecule has 0 bridgehead atoms. The van der Waals surface area contributed by atoms with Gasteiger partial charge in [-0.2, -0.15) is 0 Å². The molecule has 0 spiro atoms. The summed E-state index contributed by atoms with van der Waals surface area (Å²) >= 11 is 0. The topological polar surface area (TPSA) is 101 Å². The van der Waals surface area contributed by atoms with Gasteiger partial charge in [0.1, 0.15) is 11.6 Å². The SMILES string of the molecule is CC(N(Cc1ccccc1)C(=O)[C@@H]1[C@H](C(=O)O)N(Cc2ccccc2)C(=O)N1Cc1ccccc1)C(O)(c1ccccc1)c1ccccc1. The van der Waals surface area contributed by atoms with E-state index < -0.39 is 41.6 Å². The zero-order chi connectivity index (χ0) is 34.4. The van der Waals surface area contributed by atoms with E-state index in [1.165, 1.54) is 14.7 Å². The van der Waals surface area contributed by atoms with Gasteiger partial charge in [0, 0.05) is 19.6 Å². The molecule has 2 N–H and O–H groups in total. The first-order valence-corrected chi connectivity index (χ1v) is 16.3. The van der Waals surface area contributed by atoms with Crippen LogP contribution in [0.15, 0.2) is 152 Å². The average molecular weight is 654 g/mol. The predicted molar refractivity (Wildman–Crippen MR) is 187 cm³/mol. The van der Waals surface area contributed by atoms with Crippen molar-refractivity contribution in [1.82, 2.24) is 14.7 Å². The van der Waals surface area contributed by atoms with Crippen LogP contribution in [0.2, 0.25) is 0 Å². The van der Waals surface area contributed by atoms with Crippen LogP contribution >= 0.6 is 0 Å². The van der Waals surface area contributed by atoms with Crippen molar-refractivity contribution in [3.8, 4) is 0 Å². The van der Waals surface area contributed by atoms with E-state index in [0.29, 0.717) is 11.1 Å². The molecule has 248 valence electrons. The molecule has 0 aromatic heterocycles. The van der Waals surface area contributed by atoms with Crippen molar-refractivity contribution in [3.05, 3.63) is 179 Å². The summed E-state index contributed by atoms with van der Waals surface area (Å²) in [6.45, 7) is 1.88. The minimum absolute atomic E-state index is 0.0118. The first-order valence-electron chi connectivity index (χ1n) is 16.3. The van der Waals surface area contributed by atoms with Crippen LogP contribution < -0.4 is 0 Å². The number of urea groups is 1. The molecule has 6 rings (SSSR count). The van der Waals surface area contributed by atoms with E-state index in [0.717, 1.165) is 16.7 Å². The Morgan fingerprint density at radius 2 is 1.00 bits per heavy atom. The molecule has 1 unspecified atom stereocenters. The summed E-state index contributed by atoms with van der Waals surface area (Å²) in [6.07, 6.45) is 0. The Labute approximate surface area is 286 Å². The molecule has 3 amide bonds. The van der Waals surface area contributed by atoms with E-state index in [9.17, 15) is 19.8 Å². The molecule has 0 aliphatic carbocycles. The molecular weight excluding hydrogens is 614 g/mol. The number of benzene rings is 5. The van der Waals surface area contributed by atoms with Crippen LogP contribution in [0, 0.1) is 0 Å². The van der Waals surface area contributed by atoms with Crippen molar-refractivity contribution in [1.29, 1.82) is 0 Å². The molecular formula is C41H39N3O5. The Hall–Kier alpha value is -5.73. The van der Waals surface area contributed by atoms with E-state index in [4.69, 9.17) is 0 Å². The van der Waals surface area contributed by atoms with Crippen LogP contribution in [0.3, 0.4) is 0 Å². The van der Waals surface area contributed by atoms with Crippen molar-refractivity contribution in [3.63, 3.8) is 0 Å². The lowest BCUT2D eigenvalue weighted by molar-refractivity contribution is -0.152. The maximum absolute atomic E-state index is 15.3. The van der Waals surface area contributed by atoms with Gasteiger partial charge >= 0.3 is 12.0 Å². The molecule has 5 aromatic carbocycles. The number of carboxylic acid groups (broad SMARTS) is 1. The number of carbonyl (C=O) groups is 3. The molecule has 8 nitrogen and oxygen atoms in total. The third kappa shape index (κ3) is 6.82. The van der Waals surface area contributed by atoms with Gasteiger partial charge in [-0.3, -0.25) is 4.79 Å². The summed E-state index contributed by atoms with van der Waals surface area (Å²) in [7, 11) is 0. The highest BCUT2D eigenvalue weighted by Gasteiger charge is 2.55. The van der Waals surface area contributed by atoms with Gasteiger partial charge in [0.2, 0.25) is 5.91 Å². The fraction of sp³-hybridized carbons (Fsp3) is 0.195. The molecule has 0 radical (unpaired) electrons. The number of carboxylic acids is 1. The van der Waals surface area contributed by atoms with Crippen molar-refractivity contribution in [2.45, 2.75) is 50.3 Å². The molecule has 1 aliphatic heterocycles. The Kier molecular flexibility index (Phi) is 9.87. The molecule has 3 atom stereocenters. The zero-order valence-electron chi connectivity index (χ0n) is 27.2. The Morgan fingerprint density at radius 1 is 0.633 bits per heavy atom. The Bertz CT molecular complexity index is 1820. The number of carbonyl (C=O) groups excluding carboxylic acids is 2. The van der Waals surface area contributed by atoms with Crippen LogP contribution in [-0.4, -0.2) is 60.9 Å². The van der Waals surface area contributed by atoms with E-state index >= 15 is 4.79 Å². The highest BCUT2D eigenvalue weighted by atomic mass is 16.4. The van der Waals surface area contributed by atoms with Crippen LogP contribution in [0.25, 0.3) is 0 Å². The summed E-state index contributed by atoms with van der Waals surface area (Å²) in [5, 5.41) is 23.6. The number of rotatable bonds is 12. The monoisotopic (exact) mass is 653 g/mol. The first-order chi connectivity index (χ1) is 23.8. The van der Waals surface area contributed by atoms with Gasteiger partial charge in [-0.15, -0.1) is 0 Å². The largest absolute Gasteiger partial charge is 0.480 e. The lowest BCUT2D eigenvalue weighted by atomic mass is 9.79. The minimum atomic E-state index is -1.69. The number of hydrogen-bond acceptors (Lipinski definition) is 4. The van der Waals surface area contributed by atoms with E-state index in [1.807, 2.05) is 152 Å². The maximum atomic E-state index is 15.3. The molecule has 49 heavy (non-hydrogen) atoms. The number of amides is 3. The Balaban J connectivity index is 1.49. The normalized spacial score (nSPS) is 16.7. The van der Waals surface area contributed by atoms with E-state index in [1.54, 1.807) is 6.92 Å². The van der Waals surface area contributed by atoms with Crippen LogP contribution in [0.5, 0.6) is 0 Å². The van der Waals surface area contributed by atoms with E-state index in [-0.39, 0.29) is 19.6 Å². The standard InChI is InChI=1S/C41H39N3O5/c1-30(41(49,34-23-13-5-14-24-34)35-25-15-6-16-26-35)42(27-31-17-7-2-8-18-31)38(45)36-37(39(46)47)44(29-33-21-11-4-12-22-33)40(48)43(36)28-32-19-9-3-10-20-32/h2-26,30,36-37,49H,27-29H2,1H3,(H,46,47)/t30?,36-,37+/m0/s1. The van der Waals surface area contributed by atoms with Crippen molar-refractivity contribution < 1.29 is 24.6 Å². The minimum Gasteiger partial charge on any atom is -0.480 e. The summed E-state index contributed by atoms with van der Waals surface area (Å²) in [4.78, 5) is 47.0. The van der Waals surface area contributed by atoms with Gasteiger partial charge in [0.25, 0.3) is 0 Å². The molecule has 1 fully saturated rings. The summed E-state index contributed by atoms with van der Waals surface area (Å²) < 4.78 is 0. The smallest absolute Gasteiger partial charge is 0.329 e. The number of aliphatic carboxylic acids is 1. The van der Waals surface area contributed by atoms with Gasteiger partial charge < -0.3 is 24.9 Å². The number of hydrogen-bond donors (Lipinski definition) is 2. The second-order valence-corrected chi connectivity index (χ2v) is 12.4. The van der Waals surface area contributed by atoms with E-state index in [2.05, 4.69) is 0 Å². The van der Waals surface area contributed by atoms with Gasteiger partial charge in [0.15, 0.2) is 6.04 Å². The van der Waals surface area contributed by atoms with Gasteiger partial charge in [-0.05, 0) is 34.7 Å². The third-order valence-corrected chi connectivity index (χ3v) is 9.34. The highest BCUT2D eigenvalue weighted by Crippen LogP contribution is 2.38. The first kappa shape index (κ1) is 33.2. The fourth-order valence-corrected chi connectivity index (χ4v) is 6.79.